The fourth-order valence-electron chi connectivity index (χ4n) is 2.16. The van der Waals surface area contributed by atoms with Crippen LogP contribution in [0.4, 0.5) is 5.69 Å². The third-order valence-corrected chi connectivity index (χ3v) is 3.58. The number of carbonyl (C=O) groups excluding carboxylic acids is 1. The number of ether oxygens (including phenoxy) is 2. The van der Waals surface area contributed by atoms with Crippen LogP contribution >= 0.6 is 0 Å². The summed E-state index contributed by atoms with van der Waals surface area (Å²) in [6.45, 7) is 7.09. The molecule has 0 saturated carbocycles. The quantitative estimate of drug-likeness (QED) is 0.551. The van der Waals surface area contributed by atoms with E-state index in [9.17, 15) is 4.79 Å². The molecule has 0 amide bonds. The van der Waals surface area contributed by atoms with Crippen LogP contribution in [-0.2, 0) is 4.74 Å². The normalized spacial score (nSPS) is 12.0. The van der Waals surface area contributed by atoms with Crippen molar-refractivity contribution in [2.75, 3.05) is 18.9 Å². The number of benzene rings is 1. The lowest BCUT2D eigenvalue weighted by Crippen LogP contribution is -2.14. The van der Waals surface area contributed by atoms with Gasteiger partial charge in [-0.15, -0.1) is 0 Å². The van der Waals surface area contributed by atoms with E-state index < -0.39 is 5.97 Å². The first-order chi connectivity index (χ1) is 10.1. The highest BCUT2D eigenvalue weighted by Crippen LogP contribution is 2.27. The van der Waals surface area contributed by atoms with E-state index in [4.69, 9.17) is 15.2 Å². The summed E-state index contributed by atoms with van der Waals surface area (Å²) in [5.41, 5.74) is 6.75. The maximum absolute atomic E-state index is 11.8. The summed E-state index contributed by atoms with van der Waals surface area (Å²) >= 11 is 0. The zero-order valence-electron chi connectivity index (χ0n) is 13.4. The number of nitrogens with two attached hydrogens (primary N) is 1. The van der Waals surface area contributed by atoms with Crippen LogP contribution in [0.25, 0.3) is 0 Å². The molecule has 0 aliphatic rings. The van der Waals surface area contributed by atoms with Crippen LogP contribution in [0.3, 0.4) is 0 Å². The largest absolute Gasteiger partial charge is 0.491 e. The molecule has 0 radical (unpaired) electrons. The molecular weight excluding hydrogens is 266 g/mol. The molecule has 0 heterocycles. The molecule has 2 N–H and O–H groups in total. The maximum Gasteiger partial charge on any atom is 0.340 e. The molecule has 4 heteroatoms. The van der Waals surface area contributed by atoms with E-state index in [1.54, 1.807) is 25.1 Å². The van der Waals surface area contributed by atoms with Crippen molar-refractivity contribution >= 4 is 11.7 Å². The van der Waals surface area contributed by atoms with Gasteiger partial charge in [-0.2, -0.15) is 0 Å². The standard InChI is InChI=1S/C17H27NO3/c1-4-7-9-13(5-2)12-21-15-11-8-10-14(16(15)18)17(19)20-6-3/h8,10-11,13H,4-7,9,12,18H2,1-3H3. The van der Waals surface area contributed by atoms with E-state index in [-0.39, 0.29) is 0 Å². The summed E-state index contributed by atoms with van der Waals surface area (Å²) in [6, 6.07) is 5.23. The SMILES string of the molecule is CCCCC(CC)COc1cccc(C(=O)OCC)c1N. The summed E-state index contributed by atoms with van der Waals surface area (Å²) in [7, 11) is 0. The van der Waals surface area contributed by atoms with E-state index in [2.05, 4.69) is 13.8 Å². The van der Waals surface area contributed by atoms with E-state index in [0.717, 1.165) is 12.8 Å². The number of rotatable bonds is 9. The number of hydrogen-bond acceptors (Lipinski definition) is 4. The van der Waals surface area contributed by atoms with Crippen molar-refractivity contribution in [1.82, 2.24) is 0 Å². The fourth-order valence-corrected chi connectivity index (χ4v) is 2.16. The average Bonchev–Trinajstić information content (AvgIpc) is 2.49. The number of para-hydroxylation sites is 1. The van der Waals surface area contributed by atoms with Gasteiger partial charge in [-0.05, 0) is 31.4 Å². The molecule has 0 aliphatic carbocycles. The van der Waals surface area contributed by atoms with Crippen molar-refractivity contribution in [3.8, 4) is 5.75 Å². The van der Waals surface area contributed by atoms with Crippen LogP contribution in [0.5, 0.6) is 5.75 Å². The van der Waals surface area contributed by atoms with Crippen molar-refractivity contribution < 1.29 is 14.3 Å². The third kappa shape index (κ3) is 5.29. The second-order valence-electron chi connectivity index (χ2n) is 5.17. The molecule has 0 aromatic heterocycles. The number of hydrogen-bond donors (Lipinski definition) is 1. The Labute approximate surface area is 127 Å². The van der Waals surface area contributed by atoms with Gasteiger partial charge in [0.1, 0.15) is 5.75 Å². The van der Waals surface area contributed by atoms with Crippen molar-refractivity contribution in [2.45, 2.75) is 46.5 Å². The monoisotopic (exact) mass is 293 g/mol. The number of carbonyl (C=O) groups is 1. The average molecular weight is 293 g/mol. The lowest BCUT2D eigenvalue weighted by Gasteiger charge is -2.17. The topological polar surface area (TPSA) is 61.5 Å². The molecule has 0 bridgehead atoms. The smallest absolute Gasteiger partial charge is 0.340 e. The van der Waals surface area contributed by atoms with Crippen LogP contribution < -0.4 is 10.5 Å². The predicted molar refractivity (Wildman–Crippen MR) is 85.6 cm³/mol. The van der Waals surface area contributed by atoms with Crippen molar-refractivity contribution in [2.24, 2.45) is 5.92 Å². The number of nitrogen functional groups attached to an aromatic ring is 1. The molecule has 0 aliphatic heterocycles. The summed E-state index contributed by atoms with van der Waals surface area (Å²) < 4.78 is 10.8. The zero-order chi connectivity index (χ0) is 15.7. The highest BCUT2D eigenvalue weighted by atomic mass is 16.5. The Hall–Kier alpha value is -1.71. The van der Waals surface area contributed by atoms with Gasteiger partial charge in [0, 0.05) is 0 Å². The van der Waals surface area contributed by atoms with Crippen molar-refractivity contribution in [3.63, 3.8) is 0 Å². The Balaban J connectivity index is 2.71. The molecule has 1 atom stereocenters. The molecule has 1 rings (SSSR count). The Morgan fingerprint density at radius 1 is 1.29 bits per heavy atom. The lowest BCUT2D eigenvalue weighted by atomic mass is 10.0. The molecule has 118 valence electrons. The van der Waals surface area contributed by atoms with Crippen LogP contribution in [0.2, 0.25) is 0 Å². The van der Waals surface area contributed by atoms with Gasteiger partial charge in [-0.25, -0.2) is 4.79 Å². The van der Waals surface area contributed by atoms with Crippen molar-refractivity contribution in [1.29, 1.82) is 0 Å². The first kappa shape index (κ1) is 17.3. The second kappa shape index (κ2) is 9.27. The fraction of sp³-hybridized carbons (Fsp3) is 0.588. The van der Waals surface area contributed by atoms with Gasteiger partial charge in [0.15, 0.2) is 0 Å². The molecule has 1 aromatic rings. The summed E-state index contributed by atoms with van der Waals surface area (Å²) in [5, 5.41) is 0. The van der Waals surface area contributed by atoms with Gasteiger partial charge in [0.05, 0.1) is 24.5 Å². The van der Waals surface area contributed by atoms with Crippen molar-refractivity contribution in [3.05, 3.63) is 23.8 Å². The Bertz CT molecular complexity index is 446. The first-order valence-electron chi connectivity index (χ1n) is 7.82. The number of esters is 1. The second-order valence-corrected chi connectivity index (χ2v) is 5.17. The summed E-state index contributed by atoms with van der Waals surface area (Å²) in [5.74, 6) is 0.685. The van der Waals surface area contributed by atoms with Gasteiger partial charge in [-0.1, -0.05) is 39.2 Å². The van der Waals surface area contributed by atoms with Gasteiger partial charge in [0.25, 0.3) is 0 Å². The minimum atomic E-state index is -0.404. The van der Waals surface area contributed by atoms with Crippen LogP contribution in [0, 0.1) is 5.92 Å². The number of anilines is 1. The van der Waals surface area contributed by atoms with Crippen LogP contribution in [-0.4, -0.2) is 19.2 Å². The van der Waals surface area contributed by atoms with Gasteiger partial charge in [0.2, 0.25) is 0 Å². The Morgan fingerprint density at radius 3 is 2.67 bits per heavy atom. The molecule has 1 aromatic carbocycles. The van der Waals surface area contributed by atoms with Gasteiger partial charge >= 0.3 is 5.97 Å². The highest BCUT2D eigenvalue weighted by molar-refractivity contribution is 5.96. The maximum atomic E-state index is 11.8. The Kier molecular flexibility index (Phi) is 7.65. The summed E-state index contributed by atoms with van der Waals surface area (Å²) in [4.78, 5) is 11.8. The predicted octanol–water partition coefficient (Wildman–Crippen LogP) is 4.04. The molecule has 4 nitrogen and oxygen atoms in total. The molecule has 1 unspecified atom stereocenters. The minimum Gasteiger partial charge on any atom is -0.491 e. The number of unbranched alkanes of at least 4 members (excludes halogenated alkanes) is 1. The van der Waals surface area contributed by atoms with Gasteiger partial charge < -0.3 is 15.2 Å². The molecular formula is C17H27NO3. The lowest BCUT2D eigenvalue weighted by molar-refractivity contribution is 0.0527. The van der Waals surface area contributed by atoms with E-state index in [0.29, 0.717) is 36.1 Å². The van der Waals surface area contributed by atoms with Gasteiger partial charge in [-0.3, -0.25) is 0 Å². The summed E-state index contributed by atoms with van der Waals surface area (Å²) in [6.07, 6.45) is 4.64. The minimum absolute atomic E-state index is 0.332. The third-order valence-electron chi connectivity index (χ3n) is 3.58. The molecule has 21 heavy (non-hydrogen) atoms. The molecule has 0 spiro atoms. The van der Waals surface area contributed by atoms with Crippen LogP contribution in [0.1, 0.15) is 56.8 Å². The molecule has 0 saturated heterocycles. The van der Waals surface area contributed by atoms with E-state index in [1.165, 1.54) is 12.8 Å². The zero-order valence-corrected chi connectivity index (χ0v) is 13.4. The first-order valence-corrected chi connectivity index (χ1v) is 7.82. The van der Waals surface area contributed by atoms with Crippen LogP contribution in [0.15, 0.2) is 18.2 Å². The molecule has 0 fully saturated rings. The highest BCUT2D eigenvalue weighted by Gasteiger charge is 2.15. The Morgan fingerprint density at radius 2 is 2.05 bits per heavy atom. The van der Waals surface area contributed by atoms with E-state index in [1.807, 2.05) is 0 Å². The van der Waals surface area contributed by atoms with E-state index >= 15 is 0 Å².